The molecule has 0 amide bonds. The molecule has 0 aliphatic heterocycles. The molecule has 0 spiro atoms. The lowest BCUT2D eigenvalue weighted by Gasteiger charge is -2.56. The Balaban J connectivity index is 0.00000180. The van der Waals surface area contributed by atoms with E-state index in [0.29, 0.717) is 24.5 Å². The van der Waals surface area contributed by atoms with E-state index in [0.717, 1.165) is 48.0 Å². The Morgan fingerprint density at radius 1 is 1.07 bits per heavy atom. The third-order valence-corrected chi connectivity index (χ3v) is 7.22. The highest BCUT2D eigenvalue weighted by Crippen LogP contribution is 2.60. The summed E-state index contributed by atoms with van der Waals surface area (Å²) >= 11 is 0. The monoisotopic (exact) mass is 429 g/mol. The van der Waals surface area contributed by atoms with Crippen molar-refractivity contribution in [2.75, 3.05) is 0 Å². The Kier molecular flexibility index (Phi) is 4.69. The number of para-hydroxylation sites is 2. The second-order valence-electron chi connectivity index (χ2n) is 8.92. The van der Waals surface area contributed by atoms with Crippen LogP contribution in [0.5, 0.6) is 0 Å². The Morgan fingerprint density at radius 2 is 1.59 bits per heavy atom. The molecule has 4 aliphatic carbocycles. The standard InChI is InChI=1S/C22H27N3O.BrH/c1-2-7-24-18-5-3-4-6-19(18)25(21(24)23)14-20(26)22-11-15-8-16(12-22)10-17(9-15)13-22;/h2-6,15-17,23H,1,7-14H2;1H. The maximum absolute atomic E-state index is 13.5. The average molecular weight is 430 g/mol. The lowest BCUT2D eigenvalue weighted by Crippen LogP contribution is -2.51. The number of nitrogens with zero attached hydrogens (tertiary/aromatic N) is 2. The maximum Gasteiger partial charge on any atom is 0.203 e. The summed E-state index contributed by atoms with van der Waals surface area (Å²) in [5.74, 6) is 2.69. The topological polar surface area (TPSA) is 50.8 Å². The molecule has 0 atom stereocenters. The highest BCUT2D eigenvalue weighted by atomic mass is 79.9. The van der Waals surface area contributed by atoms with Gasteiger partial charge in [-0.15, -0.1) is 23.6 Å². The molecule has 4 bridgehead atoms. The van der Waals surface area contributed by atoms with Crippen molar-refractivity contribution in [3.63, 3.8) is 0 Å². The molecular formula is C22H28BrN3O. The molecule has 1 aromatic carbocycles. The van der Waals surface area contributed by atoms with Gasteiger partial charge in [-0.05, 0) is 68.4 Å². The smallest absolute Gasteiger partial charge is 0.203 e. The molecule has 144 valence electrons. The summed E-state index contributed by atoms with van der Waals surface area (Å²) in [6.45, 7) is 4.76. The molecule has 1 aromatic heterocycles. The van der Waals surface area contributed by atoms with E-state index in [2.05, 4.69) is 6.58 Å². The van der Waals surface area contributed by atoms with Gasteiger partial charge in [-0.3, -0.25) is 10.2 Å². The van der Waals surface area contributed by atoms with Crippen LogP contribution in [-0.4, -0.2) is 14.9 Å². The van der Waals surface area contributed by atoms with Crippen LogP contribution in [0.1, 0.15) is 38.5 Å². The van der Waals surface area contributed by atoms with E-state index in [-0.39, 0.29) is 22.4 Å². The first kappa shape index (κ1) is 18.7. The molecule has 4 nitrogen and oxygen atoms in total. The van der Waals surface area contributed by atoms with Crippen LogP contribution in [0.2, 0.25) is 0 Å². The number of allylic oxidation sites excluding steroid dienone is 1. The van der Waals surface area contributed by atoms with E-state index >= 15 is 0 Å². The van der Waals surface area contributed by atoms with Gasteiger partial charge in [0.05, 0.1) is 17.6 Å². The second-order valence-corrected chi connectivity index (χ2v) is 8.92. The number of fused-ring (bicyclic) bond motifs is 1. The SMILES string of the molecule is Br.C=CCn1c(=N)n(CC(=O)C23CC4CC(CC(C4)C2)C3)c2ccccc21. The first-order chi connectivity index (χ1) is 12.6. The first-order valence-electron chi connectivity index (χ1n) is 9.96. The molecule has 4 fully saturated rings. The molecule has 6 rings (SSSR count). The number of nitrogens with one attached hydrogen (secondary N) is 1. The Labute approximate surface area is 170 Å². The zero-order valence-electron chi connectivity index (χ0n) is 15.7. The van der Waals surface area contributed by atoms with Crippen LogP contribution in [0.25, 0.3) is 11.0 Å². The quantitative estimate of drug-likeness (QED) is 0.700. The van der Waals surface area contributed by atoms with Gasteiger partial charge >= 0.3 is 0 Å². The van der Waals surface area contributed by atoms with E-state index < -0.39 is 0 Å². The van der Waals surface area contributed by atoms with Crippen LogP contribution < -0.4 is 5.62 Å². The number of imidazole rings is 1. The summed E-state index contributed by atoms with van der Waals surface area (Å²) in [6, 6.07) is 8.04. The predicted octanol–water partition coefficient (Wildman–Crippen LogP) is 4.47. The third kappa shape index (κ3) is 2.86. The van der Waals surface area contributed by atoms with Gasteiger partial charge in [0.25, 0.3) is 0 Å². The number of carbonyl (C=O) groups is 1. The fourth-order valence-corrected chi connectivity index (χ4v) is 6.53. The molecule has 1 N–H and O–H groups in total. The molecule has 5 heteroatoms. The van der Waals surface area contributed by atoms with E-state index in [4.69, 9.17) is 5.41 Å². The van der Waals surface area contributed by atoms with Crippen molar-refractivity contribution >= 4 is 33.8 Å². The number of halogens is 1. The van der Waals surface area contributed by atoms with Crippen LogP contribution >= 0.6 is 17.0 Å². The highest BCUT2D eigenvalue weighted by Gasteiger charge is 2.54. The van der Waals surface area contributed by atoms with Crippen LogP contribution in [0, 0.1) is 28.6 Å². The van der Waals surface area contributed by atoms with Crippen molar-refractivity contribution in [3.8, 4) is 0 Å². The number of Topliss-reactive ketones (excluding diaryl/α,β-unsaturated/α-hetero) is 1. The molecule has 4 saturated carbocycles. The zero-order valence-corrected chi connectivity index (χ0v) is 17.4. The van der Waals surface area contributed by atoms with Crippen LogP contribution in [0.15, 0.2) is 36.9 Å². The van der Waals surface area contributed by atoms with Crippen molar-refractivity contribution in [1.29, 1.82) is 5.41 Å². The van der Waals surface area contributed by atoms with Gasteiger partial charge in [0.1, 0.15) is 0 Å². The lowest BCUT2D eigenvalue weighted by atomic mass is 9.48. The summed E-state index contributed by atoms with van der Waals surface area (Å²) in [5.41, 5.74) is 2.30. The van der Waals surface area contributed by atoms with Gasteiger partial charge in [0, 0.05) is 12.0 Å². The van der Waals surface area contributed by atoms with E-state index in [9.17, 15) is 4.79 Å². The number of benzene rings is 1. The van der Waals surface area contributed by atoms with Crippen LogP contribution in [-0.2, 0) is 17.9 Å². The van der Waals surface area contributed by atoms with Gasteiger partial charge in [-0.1, -0.05) is 18.2 Å². The molecule has 0 unspecified atom stereocenters. The van der Waals surface area contributed by atoms with Gasteiger partial charge in [0.15, 0.2) is 5.78 Å². The van der Waals surface area contributed by atoms with Crippen molar-refractivity contribution in [2.24, 2.45) is 23.2 Å². The normalized spacial score (nSPS) is 31.0. The van der Waals surface area contributed by atoms with Gasteiger partial charge < -0.3 is 9.13 Å². The number of carbonyl (C=O) groups excluding carboxylic acids is 1. The minimum atomic E-state index is -0.101. The van der Waals surface area contributed by atoms with Crippen molar-refractivity contribution in [2.45, 2.75) is 51.6 Å². The molecule has 0 radical (unpaired) electrons. The fourth-order valence-electron chi connectivity index (χ4n) is 6.53. The minimum absolute atomic E-state index is 0. The lowest BCUT2D eigenvalue weighted by molar-refractivity contribution is -0.144. The second kappa shape index (κ2) is 6.77. The number of hydrogen-bond donors (Lipinski definition) is 1. The van der Waals surface area contributed by atoms with Crippen molar-refractivity contribution in [3.05, 3.63) is 42.5 Å². The van der Waals surface area contributed by atoms with E-state index in [1.54, 1.807) is 0 Å². The highest BCUT2D eigenvalue weighted by molar-refractivity contribution is 8.93. The predicted molar refractivity (Wildman–Crippen MR) is 112 cm³/mol. The van der Waals surface area contributed by atoms with Gasteiger partial charge in [0.2, 0.25) is 5.62 Å². The van der Waals surface area contributed by atoms with E-state index in [1.807, 2.05) is 39.5 Å². The first-order valence-corrected chi connectivity index (χ1v) is 9.96. The van der Waals surface area contributed by atoms with Crippen LogP contribution in [0.3, 0.4) is 0 Å². The van der Waals surface area contributed by atoms with Crippen molar-refractivity contribution < 1.29 is 4.79 Å². The molecular weight excluding hydrogens is 402 g/mol. The summed E-state index contributed by atoms with van der Waals surface area (Å²) in [5, 5.41) is 8.63. The van der Waals surface area contributed by atoms with E-state index in [1.165, 1.54) is 19.3 Å². The summed E-state index contributed by atoms with van der Waals surface area (Å²) in [6.07, 6.45) is 9.15. The molecule has 4 aliphatic rings. The number of aromatic nitrogens is 2. The summed E-state index contributed by atoms with van der Waals surface area (Å²) in [7, 11) is 0. The fraction of sp³-hybridized carbons (Fsp3) is 0.545. The third-order valence-electron chi connectivity index (χ3n) is 7.22. The maximum atomic E-state index is 13.5. The minimum Gasteiger partial charge on any atom is -0.307 e. The summed E-state index contributed by atoms with van der Waals surface area (Å²) in [4.78, 5) is 13.5. The summed E-state index contributed by atoms with van der Waals surface area (Å²) < 4.78 is 3.86. The van der Waals surface area contributed by atoms with Gasteiger partial charge in [-0.2, -0.15) is 0 Å². The Hall–Kier alpha value is -1.62. The molecule has 1 heterocycles. The molecule has 2 aromatic rings. The number of ketones is 1. The molecule has 27 heavy (non-hydrogen) atoms. The average Bonchev–Trinajstić information content (AvgIpc) is 2.87. The zero-order chi connectivity index (χ0) is 17.9. The Morgan fingerprint density at radius 3 is 2.11 bits per heavy atom. The molecule has 0 saturated heterocycles. The number of rotatable bonds is 5. The van der Waals surface area contributed by atoms with Crippen molar-refractivity contribution in [1.82, 2.24) is 9.13 Å². The van der Waals surface area contributed by atoms with Gasteiger partial charge in [-0.25, -0.2) is 0 Å². The number of hydrogen-bond acceptors (Lipinski definition) is 2. The largest absolute Gasteiger partial charge is 0.307 e. The van der Waals surface area contributed by atoms with Crippen LogP contribution in [0.4, 0.5) is 0 Å². The Bertz CT molecular complexity index is 919.